The topological polar surface area (TPSA) is 9.23 Å². The van der Waals surface area contributed by atoms with Gasteiger partial charge in [-0.05, 0) is 91.3 Å². The quantitative estimate of drug-likeness (QED) is 0.259. The van der Waals surface area contributed by atoms with Crippen molar-refractivity contribution < 1.29 is 35.5 Å². The lowest BCUT2D eigenvalue weighted by Gasteiger charge is -2.28. The summed E-state index contributed by atoms with van der Waals surface area (Å²) >= 11 is 0. The van der Waals surface area contributed by atoms with Gasteiger partial charge >= 0.3 is 6.61 Å². The maximum atomic E-state index is 14.7. The molecular formula is C30H31F7O. The lowest BCUT2D eigenvalue weighted by atomic mass is 9.77. The first kappa shape index (κ1) is 29.5. The van der Waals surface area contributed by atoms with Crippen LogP contribution in [0.3, 0.4) is 0 Å². The molecule has 0 saturated heterocycles. The molecule has 0 heterocycles. The van der Waals surface area contributed by atoms with Crippen molar-refractivity contribution in [3.05, 3.63) is 89.0 Å². The zero-order chi connectivity index (χ0) is 27.7. The van der Waals surface area contributed by atoms with E-state index in [0.29, 0.717) is 24.0 Å². The molecule has 0 N–H and O–H groups in total. The van der Waals surface area contributed by atoms with E-state index in [9.17, 15) is 30.7 Å². The molecule has 0 aromatic heterocycles. The highest BCUT2D eigenvalue weighted by molar-refractivity contribution is 5.64. The minimum atomic E-state index is -3.11. The number of aryl methyl sites for hydroxylation is 1. The minimum absolute atomic E-state index is 0.0909. The van der Waals surface area contributed by atoms with E-state index in [2.05, 4.69) is 11.7 Å². The zero-order valence-corrected chi connectivity index (χ0v) is 21.1. The highest BCUT2D eigenvalue weighted by atomic mass is 19.3. The van der Waals surface area contributed by atoms with Crippen LogP contribution in [-0.2, 0) is 6.42 Å². The lowest BCUT2D eigenvalue weighted by molar-refractivity contribution is -0.0522. The fourth-order valence-corrected chi connectivity index (χ4v) is 4.85. The lowest BCUT2D eigenvalue weighted by Crippen LogP contribution is -2.16. The summed E-state index contributed by atoms with van der Waals surface area (Å²) in [4.78, 5) is 0. The first-order valence-electron chi connectivity index (χ1n) is 12.8. The zero-order valence-electron chi connectivity index (χ0n) is 21.1. The van der Waals surface area contributed by atoms with E-state index in [0.717, 1.165) is 56.2 Å². The SMILES string of the molecule is CCCc1ccc(-c2cc(F)c(C3CCC(CCF)CC3)c(F)c2)cc1.Fc1ccc(OC(F)F)c(F)c1. The summed E-state index contributed by atoms with van der Waals surface area (Å²) < 4.78 is 93.4. The molecule has 3 aromatic rings. The average Bonchev–Trinajstić information content (AvgIpc) is 2.87. The van der Waals surface area contributed by atoms with Gasteiger partial charge in [0.25, 0.3) is 0 Å². The molecule has 1 aliphatic carbocycles. The van der Waals surface area contributed by atoms with Crippen molar-refractivity contribution in [1.29, 1.82) is 0 Å². The number of rotatable bonds is 8. The summed E-state index contributed by atoms with van der Waals surface area (Å²) in [5.41, 5.74) is 2.87. The van der Waals surface area contributed by atoms with Crippen LogP contribution in [0.1, 0.15) is 62.5 Å². The van der Waals surface area contributed by atoms with E-state index in [-0.39, 0.29) is 18.2 Å². The summed E-state index contributed by atoms with van der Waals surface area (Å²) in [6.07, 6.45) is 5.85. The van der Waals surface area contributed by atoms with Crippen molar-refractivity contribution in [1.82, 2.24) is 0 Å². The number of benzene rings is 3. The summed E-state index contributed by atoms with van der Waals surface area (Å²) in [6.45, 7) is -1.28. The van der Waals surface area contributed by atoms with Crippen molar-refractivity contribution in [2.24, 2.45) is 5.92 Å². The van der Waals surface area contributed by atoms with Crippen molar-refractivity contribution in [2.45, 2.75) is 64.4 Å². The summed E-state index contributed by atoms with van der Waals surface area (Å²) in [7, 11) is 0. The van der Waals surface area contributed by atoms with Crippen LogP contribution in [-0.4, -0.2) is 13.3 Å². The van der Waals surface area contributed by atoms with Gasteiger partial charge in [-0.15, -0.1) is 0 Å². The van der Waals surface area contributed by atoms with Crippen LogP contribution in [0.2, 0.25) is 0 Å². The van der Waals surface area contributed by atoms with E-state index in [1.54, 1.807) is 0 Å². The molecule has 38 heavy (non-hydrogen) atoms. The Kier molecular flexibility index (Phi) is 11.0. The van der Waals surface area contributed by atoms with E-state index in [1.807, 2.05) is 24.3 Å². The maximum Gasteiger partial charge on any atom is 0.387 e. The molecule has 8 heteroatoms. The molecule has 1 fully saturated rings. The molecule has 4 rings (SSSR count). The molecule has 0 amide bonds. The van der Waals surface area contributed by atoms with Gasteiger partial charge in [0.05, 0.1) is 6.67 Å². The van der Waals surface area contributed by atoms with Gasteiger partial charge in [0.2, 0.25) is 0 Å². The third-order valence-electron chi connectivity index (χ3n) is 6.79. The minimum Gasteiger partial charge on any atom is -0.432 e. The van der Waals surface area contributed by atoms with Crippen molar-refractivity contribution in [2.75, 3.05) is 6.67 Å². The van der Waals surface area contributed by atoms with Crippen molar-refractivity contribution in [3.8, 4) is 16.9 Å². The Balaban J connectivity index is 0.000000279. The molecule has 0 unspecified atom stereocenters. The number of halogens is 7. The Morgan fingerprint density at radius 3 is 1.95 bits per heavy atom. The summed E-state index contributed by atoms with van der Waals surface area (Å²) in [6, 6.07) is 12.9. The first-order valence-corrected chi connectivity index (χ1v) is 12.8. The van der Waals surface area contributed by atoms with Gasteiger partial charge in [-0.3, -0.25) is 4.39 Å². The number of hydrogen-bond donors (Lipinski definition) is 0. The molecular weight excluding hydrogens is 509 g/mol. The second kappa shape index (κ2) is 14.2. The second-order valence-corrected chi connectivity index (χ2v) is 9.45. The molecule has 0 aliphatic heterocycles. The predicted molar refractivity (Wildman–Crippen MR) is 134 cm³/mol. The van der Waals surface area contributed by atoms with Gasteiger partial charge < -0.3 is 4.74 Å². The maximum absolute atomic E-state index is 14.7. The van der Waals surface area contributed by atoms with E-state index in [4.69, 9.17) is 0 Å². The van der Waals surface area contributed by atoms with Gasteiger partial charge in [0.15, 0.2) is 11.6 Å². The number of alkyl halides is 3. The predicted octanol–water partition coefficient (Wildman–Crippen LogP) is 9.78. The summed E-state index contributed by atoms with van der Waals surface area (Å²) in [5.74, 6) is -3.27. The largest absolute Gasteiger partial charge is 0.432 e. The molecule has 3 aromatic carbocycles. The van der Waals surface area contributed by atoms with Crippen LogP contribution in [0, 0.1) is 29.2 Å². The van der Waals surface area contributed by atoms with Crippen LogP contribution < -0.4 is 4.74 Å². The Morgan fingerprint density at radius 2 is 1.42 bits per heavy atom. The normalized spacial score (nSPS) is 17.2. The van der Waals surface area contributed by atoms with Gasteiger partial charge in [0.1, 0.15) is 17.5 Å². The van der Waals surface area contributed by atoms with Crippen LogP contribution in [0.5, 0.6) is 5.75 Å². The van der Waals surface area contributed by atoms with Gasteiger partial charge in [-0.25, -0.2) is 17.6 Å². The second-order valence-electron chi connectivity index (χ2n) is 9.45. The van der Waals surface area contributed by atoms with Crippen LogP contribution in [0.25, 0.3) is 11.1 Å². The third kappa shape index (κ3) is 8.23. The number of ether oxygens (including phenoxy) is 1. The van der Waals surface area contributed by atoms with Gasteiger partial charge in [0, 0.05) is 11.6 Å². The van der Waals surface area contributed by atoms with E-state index >= 15 is 0 Å². The van der Waals surface area contributed by atoms with Gasteiger partial charge in [-0.2, -0.15) is 8.78 Å². The molecule has 1 aliphatic rings. The van der Waals surface area contributed by atoms with Crippen LogP contribution in [0.4, 0.5) is 30.7 Å². The molecule has 206 valence electrons. The molecule has 0 spiro atoms. The van der Waals surface area contributed by atoms with Crippen molar-refractivity contribution >= 4 is 0 Å². The third-order valence-corrected chi connectivity index (χ3v) is 6.79. The van der Waals surface area contributed by atoms with Crippen molar-refractivity contribution in [3.63, 3.8) is 0 Å². The van der Waals surface area contributed by atoms with E-state index in [1.165, 1.54) is 17.7 Å². The summed E-state index contributed by atoms with van der Waals surface area (Å²) in [5, 5.41) is 0. The fourth-order valence-electron chi connectivity index (χ4n) is 4.85. The fraction of sp³-hybridized carbons (Fsp3) is 0.400. The molecule has 0 radical (unpaired) electrons. The standard InChI is InChI=1S/C23H27F3.C7H4F4O/c1-2-3-16-4-8-18(9-5-16)20-14-21(25)23(22(26)15-20)19-10-6-17(7-11-19)12-13-24;8-4-1-2-6(5(9)3-4)12-7(10)11/h4-5,8-9,14-15,17,19H,2-3,6-7,10-13H2,1H3;1-3,7H. The number of hydrogen-bond acceptors (Lipinski definition) is 1. The molecule has 0 bridgehead atoms. The first-order chi connectivity index (χ1) is 18.2. The smallest absolute Gasteiger partial charge is 0.387 e. The van der Waals surface area contributed by atoms with Crippen LogP contribution >= 0.6 is 0 Å². The Bertz CT molecular complexity index is 1130. The molecule has 0 atom stereocenters. The highest BCUT2D eigenvalue weighted by Crippen LogP contribution is 2.40. The Morgan fingerprint density at radius 1 is 0.789 bits per heavy atom. The Hall–Kier alpha value is -3.03. The van der Waals surface area contributed by atoms with E-state index < -0.39 is 35.6 Å². The highest BCUT2D eigenvalue weighted by Gasteiger charge is 2.27. The van der Waals surface area contributed by atoms with Crippen LogP contribution in [0.15, 0.2) is 54.6 Å². The Labute approximate surface area is 218 Å². The van der Waals surface area contributed by atoms with Gasteiger partial charge in [-0.1, -0.05) is 37.6 Å². The average molecular weight is 541 g/mol. The molecule has 1 nitrogen and oxygen atoms in total. The monoisotopic (exact) mass is 540 g/mol. The molecule has 1 saturated carbocycles.